The van der Waals surface area contributed by atoms with Crippen LogP contribution in [0.3, 0.4) is 0 Å². The van der Waals surface area contributed by atoms with Gasteiger partial charge < -0.3 is 11.1 Å². The summed E-state index contributed by atoms with van der Waals surface area (Å²) in [5.74, 6) is 5.99. The highest BCUT2D eigenvalue weighted by molar-refractivity contribution is 6.04. The number of hydrogen-bond acceptors (Lipinski definition) is 7. The molecule has 0 aliphatic rings. The first-order valence-corrected chi connectivity index (χ1v) is 12.0. The van der Waals surface area contributed by atoms with Crippen LogP contribution in [-0.2, 0) is 0 Å². The lowest BCUT2D eigenvalue weighted by molar-refractivity contribution is 0.0940. The van der Waals surface area contributed by atoms with Crippen molar-refractivity contribution in [1.82, 2.24) is 39.7 Å². The van der Waals surface area contributed by atoms with Gasteiger partial charge in [0.2, 0.25) is 0 Å². The van der Waals surface area contributed by atoms with Crippen molar-refractivity contribution in [3.63, 3.8) is 0 Å². The second-order valence-electron chi connectivity index (χ2n) is 8.73. The number of hydrogen-bond donors (Lipinski definition) is 3. The molecule has 0 fully saturated rings. The molecule has 4 aromatic heterocycles. The molecule has 2 aromatic carbocycles. The number of aromatic nitrogens is 7. The summed E-state index contributed by atoms with van der Waals surface area (Å²) in [6.07, 6.45) is 6.49. The van der Waals surface area contributed by atoms with Gasteiger partial charge in [-0.2, -0.15) is 5.10 Å². The molecular weight excluding hydrogens is 494 g/mol. The second-order valence-corrected chi connectivity index (χ2v) is 8.73. The van der Waals surface area contributed by atoms with Crippen LogP contribution in [0.5, 0.6) is 0 Å². The Morgan fingerprint density at radius 2 is 1.95 bits per heavy atom. The van der Waals surface area contributed by atoms with E-state index in [0.717, 1.165) is 0 Å². The monoisotopic (exact) mass is 515 g/mol. The van der Waals surface area contributed by atoms with Crippen LogP contribution in [0.25, 0.3) is 22.2 Å². The number of fused-ring (bicyclic) bond motifs is 2. The lowest BCUT2D eigenvalue weighted by atomic mass is 10.1. The van der Waals surface area contributed by atoms with E-state index in [9.17, 15) is 9.59 Å². The van der Waals surface area contributed by atoms with E-state index < -0.39 is 11.9 Å². The summed E-state index contributed by atoms with van der Waals surface area (Å²) in [7, 11) is 0. The lowest BCUT2D eigenvalue weighted by Gasteiger charge is -2.20. The summed E-state index contributed by atoms with van der Waals surface area (Å²) < 4.78 is 2.93. The van der Waals surface area contributed by atoms with E-state index in [1.807, 2.05) is 18.2 Å². The third-order valence-corrected chi connectivity index (χ3v) is 6.16. The van der Waals surface area contributed by atoms with Crippen LogP contribution in [0.4, 0.5) is 5.82 Å². The Morgan fingerprint density at radius 1 is 1.10 bits per heavy atom. The SMILES string of the molecule is CC(NC(=O)c1c(N)nn2cccnc12)c1nc2cccc(C#Cc3cn[nH]c3)c2c(=O)n1-c1ccccc1. The van der Waals surface area contributed by atoms with Crippen molar-refractivity contribution < 1.29 is 4.79 Å². The van der Waals surface area contributed by atoms with E-state index in [-0.39, 0.29) is 16.9 Å². The van der Waals surface area contributed by atoms with Crippen molar-refractivity contribution in [2.24, 2.45) is 0 Å². The first-order valence-electron chi connectivity index (χ1n) is 12.0. The normalized spacial score (nSPS) is 11.7. The highest BCUT2D eigenvalue weighted by Gasteiger charge is 2.24. The number of amides is 1. The predicted molar refractivity (Wildman–Crippen MR) is 145 cm³/mol. The van der Waals surface area contributed by atoms with E-state index in [0.29, 0.717) is 39.2 Å². The number of nitrogens with two attached hydrogens (primary N) is 1. The molecule has 0 spiro atoms. The molecule has 11 heteroatoms. The maximum Gasteiger partial charge on any atom is 0.267 e. The quantitative estimate of drug-likeness (QED) is 0.306. The van der Waals surface area contributed by atoms with E-state index in [4.69, 9.17) is 10.7 Å². The number of carbonyl (C=O) groups excluding carboxylic acids is 1. The summed E-state index contributed by atoms with van der Waals surface area (Å²) in [4.78, 5) is 36.5. The Bertz CT molecular complexity index is 1960. The number of H-pyrrole nitrogens is 1. The van der Waals surface area contributed by atoms with Gasteiger partial charge in [0.05, 0.1) is 34.4 Å². The number of benzene rings is 2. The van der Waals surface area contributed by atoms with Crippen LogP contribution < -0.4 is 16.6 Å². The van der Waals surface area contributed by atoms with Crippen molar-refractivity contribution in [2.45, 2.75) is 13.0 Å². The van der Waals surface area contributed by atoms with Crippen molar-refractivity contribution >= 4 is 28.3 Å². The van der Waals surface area contributed by atoms with Gasteiger partial charge in [-0.25, -0.2) is 14.5 Å². The first kappa shape index (κ1) is 23.6. The van der Waals surface area contributed by atoms with Crippen LogP contribution in [0.2, 0.25) is 0 Å². The molecule has 190 valence electrons. The van der Waals surface area contributed by atoms with E-state index in [1.54, 1.807) is 68.1 Å². The van der Waals surface area contributed by atoms with E-state index in [1.165, 1.54) is 9.08 Å². The number of rotatable bonds is 4. The fourth-order valence-electron chi connectivity index (χ4n) is 4.38. The lowest BCUT2D eigenvalue weighted by Crippen LogP contribution is -2.33. The number of anilines is 1. The zero-order valence-corrected chi connectivity index (χ0v) is 20.7. The Balaban J connectivity index is 1.48. The van der Waals surface area contributed by atoms with Crippen LogP contribution in [0.15, 0.2) is 84.2 Å². The Morgan fingerprint density at radius 3 is 2.74 bits per heavy atom. The zero-order chi connectivity index (χ0) is 26.9. The predicted octanol–water partition coefficient (Wildman–Crippen LogP) is 2.62. The van der Waals surface area contributed by atoms with Gasteiger partial charge in [0.15, 0.2) is 11.5 Å². The van der Waals surface area contributed by atoms with Gasteiger partial charge >= 0.3 is 0 Å². The summed E-state index contributed by atoms with van der Waals surface area (Å²) in [5.41, 5.74) is 8.49. The average Bonchev–Trinajstić information content (AvgIpc) is 3.59. The number of para-hydroxylation sites is 1. The summed E-state index contributed by atoms with van der Waals surface area (Å²) in [5, 5.41) is 14.1. The molecule has 0 aliphatic heterocycles. The van der Waals surface area contributed by atoms with Crippen LogP contribution in [0.1, 0.15) is 40.3 Å². The minimum Gasteiger partial charge on any atom is -0.381 e. The third-order valence-electron chi connectivity index (χ3n) is 6.16. The number of nitrogens with one attached hydrogen (secondary N) is 2. The summed E-state index contributed by atoms with van der Waals surface area (Å²) in [6.45, 7) is 1.75. The summed E-state index contributed by atoms with van der Waals surface area (Å²) >= 11 is 0. The van der Waals surface area contributed by atoms with Crippen LogP contribution in [-0.4, -0.2) is 40.3 Å². The highest BCUT2D eigenvalue weighted by atomic mass is 16.2. The molecular formula is C28H21N9O2. The van der Waals surface area contributed by atoms with Gasteiger partial charge in [-0.15, -0.1) is 5.10 Å². The van der Waals surface area contributed by atoms with Gasteiger partial charge in [0.1, 0.15) is 11.4 Å². The molecule has 11 nitrogen and oxygen atoms in total. The average molecular weight is 516 g/mol. The summed E-state index contributed by atoms with van der Waals surface area (Å²) in [6, 6.07) is 15.4. The molecule has 6 aromatic rings. The molecule has 39 heavy (non-hydrogen) atoms. The molecule has 0 aliphatic carbocycles. The zero-order valence-electron chi connectivity index (χ0n) is 20.7. The topological polar surface area (TPSA) is 149 Å². The van der Waals surface area contributed by atoms with Crippen LogP contribution >= 0.6 is 0 Å². The number of nitrogens with zero attached hydrogens (tertiary/aromatic N) is 6. The molecule has 4 N–H and O–H groups in total. The van der Waals surface area contributed by atoms with Crippen molar-refractivity contribution in [3.05, 3.63) is 112 Å². The smallest absolute Gasteiger partial charge is 0.267 e. The molecule has 0 bridgehead atoms. The Hall–Kier alpha value is -5.76. The maximum absolute atomic E-state index is 14.1. The van der Waals surface area contributed by atoms with Crippen molar-refractivity contribution in [2.75, 3.05) is 5.73 Å². The molecule has 0 saturated heterocycles. The van der Waals surface area contributed by atoms with Gasteiger partial charge in [0, 0.05) is 24.2 Å². The Labute approximate surface area is 221 Å². The van der Waals surface area contributed by atoms with Gasteiger partial charge in [-0.1, -0.05) is 36.1 Å². The van der Waals surface area contributed by atoms with Gasteiger partial charge in [-0.05, 0) is 37.3 Å². The molecule has 1 amide bonds. The fourth-order valence-corrected chi connectivity index (χ4v) is 4.38. The van der Waals surface area contributed by atoms with Crippen molar-refractivity contribution in [3.8, 4) is 17.5 Å². The molecule has 0 radical (unpaired) electrons. The molecule has 0 saturated carbocycles. The first-order chi connectivity index (χ1) is 19.0. The largest absolute Gasteiger partial charge is 0.381 e. The van der Waals surface area contributed by atoms with Crippen LogP contribution in [0, 0.1) is 11.8 Å². The maximum atomic E-state index is 14.1. The van der Waals surface area contributed by atoms with Crippen molar-refractivity contribution in [1.29, 1.82) is 0 Å². The fraction of sp³-hybridized carbons (Fsp3) is 0.0714. The Kier molecular flexibility index (Phi) is 5.82. The van der Waals surface area contributed by atoms with E-state index >= 15 is 0 Å². The number of carbonyl (C=O) groups is 1. The second kappa shape index (κ2) is 9.60. The number of aromatic amines is 1. The molecule has 4 heterocycles. The van der Waals surface area contributed by atoms with Gasteiger partial charge in [-0.3, -0.25) is 19.3 Å². The van der Waals surface area contributed by atoms with E-state index in [2.05, 4.69) is 37.4 Å². The highest BCUT2D eigenvalue weighted by Crippen LogP contribution is 2.22. The van der Waals surface area contributed by atoms with Gasteiger partial charge in [0.25, 0.3) is 11.5 Å². The minimum absolute atomic E-state index is 0.0474. The third kappa shape index (κ3) is 4.25. The molecule has 1 unspecified atom stereocenters. The standard InChI is InChI=1S/C28H21N9O2/c1-17(33-27(38)23-24(29)35-36-14-6-13-30-26(23)36)25-34-21-10-5-7-19(12-11-18-15-31-32-16-18)22(21)28(39)37(25)20-8-3-2-4-9-20/h2-10,13-17H,1H3,(H2,29,35)(H,31,32)(H,33,38). The molecule has 1 atom stereocenters. The molecule has 6 rings (SSSR count). The number of nitrogen functional groups attached to an aromatic ring is 1. The minimum atomic E-state index is -0.687.